The fraction of sp³-hybridized carbons (Fsp3) is 0.538. The maximum absolute atomic E-state index is 2.53. The van der Waals surface area contributed by atoms with E-state index in [0.717, 1.165) is 0 Å². The van der Waals surface area contributed by atoms with Crippen LogP contribution in [0.1, 0.15) is 5.56 Å². The summed E-state index contributed by atoms with van der Waals surface area (Å²) in [5.41, 5.74) is 1.44. The van der Waals surface area contributed by atoms with Crippen molar-refractivity contribution in [3.05, 3.63) is 23.8 Å². The van der Waals surface area contributed by atoms with Crippen LogP contribution >= 0.6 is 0 Å². The van der Waals surface area contributed by atoms with Gasteiger partial charge in [-0.05, 0) is 0 Å². The fourth-order valence-electron chi connectivity index (χ4n) is 1.93. The summed E-state index contributed by atoms with van der Waals surface area (Å²) in [6.45, 7) is 2.22. The standard InChI is InChI=1S/C10H15Ge.3CH3.Sn/c1-9-5-7-10(8-6-9)11(2,3)4;;;;/h5-7H,1-4H3;3*1H3;. The van der Waals surface area contributed by atoms with Crippen LogP contribution in [-0.4, -0.2) is 31.6 Å². The fourth-order valence-corrected chi connectivity index (χ4v) is 20.3. The van der Waals surface area contributed by atoms with Crippen LogP contribution in [-0.2, 0) is 0 Å². The van der Waals surface area contributed by atoms with Gasteiger partial charge in [-0.1, -0.05) is 0 Å². The maximum atomic E-state index is 2.53. The summed E-state index contributed by atoms with van der Waals surface area (Å²) >= 11 is -3.58. The number of hydrogen-bond acceptors (Lipinski definition) is 0. The topological polar surface area (TPSA) is 0 Å². The van der Waals surface area contributed by atoms with Crippen LogP contribution in [0.15, 0.2) is 18.2 Å². The second-order valence-corrected chi connectivity index (χ2v) is 31.5. The average Bonchev–Trinajstić information content (AvgIpc) is 2.00. The van der Waals surface area contributed by atoms with Crippen molar-refractivity contribution in [3.8, 4) is 0 Å². The molecule has 0 N–H and O–H groups in total. The van der Waals surface area contributed by atoms with E-state index in [9.17, 15) is 0 Å². The zero-order chi connectivity index (χ0) is 11.9. The Hall–Kier alpha value is 0.562. The summed E-state index contributed by atoms with van der Waals surface area (Å²) in [4.78, 5) is 7.59. The second-order valence-electron chi connectivity index (χ2n) is 6.55. The Morgan fingerprint density at radius 3 is 1.93 bits per heavy atom. The van der Waals surface area contributed by atoms with Crippen LogP contribution in [0.4, 0.5) is 0 Å². The molecule has 0 aliphatic rings. The quantitative estimate of drug-likeness (QED) is 0.701. The van der Waals surface area contributed by atoms with Gasteiger partial charge in [-0.2, -0.15) is 0 Å². The molecule has 84 valence electrons. The van der Waals surface area contributed by atoms with Gasteiger partial charge in [0.1, 0.15) is 0 Å². The molecule has 2 heteroatoms. The molecule has 0 aromatic heterocycles. The summed E-state index contributed by atoms with van der Waals surface area (Å²) in [6, 6.07) is 7.20. The van der Waals surface area contributed by atoms with Gasteiger partial charge < -0.3 is 0 Å². The first-order chi connectivity index (χ1) is 6.62. The van der Waals surface area contributed by atoms with Crippen molar-refractivity contribution >= 4 is 39.6 Å². The minimum absolute atomic E-state index is 1.44. The van der Waals surface area contributed by atoms with Crippen molar-refractivity contribution in [2.24, 2.45) is 0 Å². The van der Waals surface area contributed by atoms with E-state index in [-0.39, 0.29) is 0 Å². The third kappa shape index (κ3) is 3.52. The molecule has 1 aromatic rings. The van der Waals surface area contributed by atoms with Gasteiger partial charge in [0.25, 0.3) is 0 Å². The number of hydrogen-bond donors (Lipinski definition) is 0. The summed E-state index contributed by atoms with van der Waals surface area (Å²) in [6.07, 6.45) is 0. The van der Waals surface area contributed by atoms with Crippen molar-refractivity contribution in [2.45, 2.75) is 39.0 Å². The molecule has 15 heavy (non-hydrogen) atoms. The van der Waals surface area contributed by atoms with E-state index in [1.54, 1.807) is 7.98 Å². The molecule has 0 spiro atoms. The van der Waals surface area contributed by atoms with Gasteiger partial charge in [0.2, 0.25) is 0 Å². The van der Waals surface area contributed by atoms with Gasteiger partial charge in [-0.3, -0.25) is 0 Å². The number of benzene rings is 1. The molecule has 0 nitrogen and oxygen atoms in total. The van der Waals surface area contributed by atoms with E-state index in [4.69, 9.17) is 0 Å². The van der Waals surface area contributed by atoms with Crippen molar-refractivity contribution in [2.75, 3.05) is 0 Å². The molecule has 0 radical (unpaired) electrons. The average molecular weight is 372 g/mol. The van der Waals surface area contributed by atoms with Gasteiger partial charge in [-0.25, -0.2) is 0 Å². The van der Waals surface area contributed by atoms with E-state index in [0.29, 0.717) is 0 Å². The van der Waals surface area contributed by atoms with E-state index < -0.39 is 31.6 Å². The molecule has 1 rings (SSSR count). The summed E-state index contributed by atoms with van der Waals surface area (Å²) in [5, 5.41) is 0. The Balaban J connectivity index is 3.41. The third-order valence-electron chi connectivity index (χ3n) is 2.79. The number of aryl methyl sites for hydroxylation is 1. The molecule has 0 aliphatic carbocycles. The summed E-state index contributed by atoms with van der Waals surface area (Å²) in [7, 11) is 0. The third-order valence-corrected chi connectivity index (χ3v) is 14.4. The first-order valence-corrected chi connectivity index (χ1v) is 23.1. The monoisotopic (exact) mass is 374 g/mol. The molecule has 0 bridgehead atoms. The first-order valence-electron chi connectivity index (χ1n) is 5.74. The van der Waals surface area contributed by atoms with E-state index >= 15 is 0 Å². The van der Waals surface area contributed by atoms with E-state index in [1.165, 1.54) is 5.56 Å². The molecular weight excluding hydrogens is 347 g/mol. The van der Waals surface area contributed by atoms with Crippen LogP contribution < -0.4 is 7.98 Å². The van der Waals surface area contributed by atoms with Crippen molar-refractivity contribution < 1.29 is 0 Å². The van der Waals surface area contributed by atoms with Crippen LogP contribution in [0.25, 0.3) is 0 Å². The molecule has 0 fully saturated rings. The number of rotatable bonds is 2. The Kier molecular flexibility index (Phi) is 4.03. The minimum atomic E-state index is -1.91. The van der Waals surface area contributed by atoms with Crippen molar-refractivity contribution in [1.82, 2.24) is 0 Å². The van der Waals surface area contributed by atoms with Gasteiger partial charge in [0.15, 0.2) is 0 Å². The summed E-state index contributed by atoms with van der Waals surface area (Å²) in [5.74, 6) is 7.52. The first kappa shape index (κ1) is 13.6. The molecule has 0 saturated carbocycles. The van der Waals surface area contributed by atoms with Gasteiger partial charge in [0, 0.05) is 0 Å². The molecule has 0 heterocycles. The van der Waals surface area contributed by atoms with Crippen LogP contribution in [0.2, 0.25) is 32.1 Å². The van der Waals surface area contributed by atoms with Crippen LogP contribution in [0.3, 0.4) is 0 Å². The van der Waals surface area contributed by atoms with Crippen LogP contribution in [0.5, 0.6) is 0 Å². The normalized spacial score (nSPS) is 13.0. The van der Waals surface area contributed by atoms with Crippen molar-refractivity contribution in [3.63, 3.8) is 0 Å². The molecule has 1 aromatic carbocycles. The van der Waals surface area contributed by atoms with Gasteiger partial charge in [-0.15, -0.1) is 0 Å². The van der Waals surface area contributed by atoms with Crippen molar-refractivity contribution in [1.29, 1.82) is 0 Å². The van der Waals surface area contributed by atoms with E-state index in [1.807, 2.05) is 0 Å². The molecule has 0 atom stereocenters. The Bertz CT molecular complexity index is 356. The Morgan fingerprint density at radius 1 is 1.00 bits per heavy atom. The van der Waals surface area contributed by atoms with Gasteiger partial charge in [0.05, 0.1) is 0 Å². The van der Waals surface area contributed by atoms with E-state index in [2.05, 4.69) is 57.2 Å². The predicted molar refractivity (Wildman–Crippen MR) is 77.1 cm³/mol. The molecule has 0 aliphatic heterocycles. The molecular formula is C13H24GeSn. The zero-order valence-corrected chi connectivity index (χ0v) is 16.2. The Morgan fingerprint density at radius 2 is 1.53 bits per heavy atom. The SMILES string of the molecule is Cc1cc[c]([Ge]([CH3])([CH3])[CH3])[c]([Sn]([CH3])([CH3])[CH3])c1. The van der Waals surface area contributed by atoms with Crippen LogP contribution in [0, 0.1) is 6.92 Å². The van der Waals surface area contributed by atoms with Gasteiger partial charge >= 0.3 is 102 Å². The molecule has 0 unspecified atom stereocenters. The predicted octanol–water partition coefficient (Wildman–Crippen LogP) is 3.09. The summed E-state index contributed by atoms with van der Waals surface area (Å²) < 4.78 is 3.53. The molecule has 0 amide bonds. The Labute approximate surface area is 102 Å². The zero-order valence-electron chi connectivity index (χ0n) is 11.2. The molecule has 0 saturated heterocycles. The second kappa shape index (κ2) is 4.44.